The minimum absolute atomic E-state index is 0.607. The summed E-state index contributed by atoms with van der Waals surface area (Å²) in [6, 6.07) is 9.30. The van der Waals surface area contributed by atoms with Gasteiger partial charge in [0, 0.05) is 6.20 Å². The van der Waals surface area contributed by atoms with Crippen molar-refractivity contribution in [3.05, 3.63) is 57.2 Å². The number of benzene rings is 1. The molecule has 0 unspecified atom stereocenters. The van der Waals surface area contributed by atoms with E-state index < -0.39 is 11.1 Å². The van der Waals surface area contributed by atoms with Gasteiger partial charge in [0.15, 0.2) is 0 Å². The van der Waals surface area contributed by atoms with Crippen molar-refractivity contribution in [1.29, 1.82) is 0 Å². The molecule has 0 bridgehead atoms. The largest absolute Gasteiger partial charge is 0.322 e. The SMILES string of the molecule is O=c1[nH]cc(-c2ccccc2)[nH]c1=O. The highest BCUT2D eigenvalue weighted by atomic mass is 16.2. The molecule has 4 nitrogen and oxygen atoms in total. The molecule has 14 heavy (non-hydrogen) atoms. The van der Waals surface area contributed by atoms with E-state index in [1.807, 2.05) is 30.3 Å². The van der Waals surface area contributed by atoms with E-state index in [0.717, 1.165) is 5.56 Å². The Hall–Kier alpha value is -2.10. The summed E-state index contributed by atoms with van der Waals surface area (Å²) in [5.41, 5.74) is 0.201. The van der Waals surface area contributed by atoms with Gasteiger partial charge in [-0.25, -0.2) is 0 Å². The van der Waals surface area contributed by atoms with Crippen LogP contribution in [0.3, 0.4) is 0 Å². The Bertz CT molecular complexity index is 540. The average Bonchev–Trinajstić information content (AvgIpc) is 2.23. The Morgan fingerprint density at radius 1 is 0.929 bits per heavy atom. The molecule has 4 heteroatoms. The summed E-state index contributed by atoms with van der Waals surface area (Å²) in [5, 5.41) is 0. The van der Waals surface area contributed by atoms with Gasteiger partial charge in [0.25, 0.3) is 0 Å². The van der Waals surface area contributed by atoms with E-state index in [0.29, 0.717) is 5.69 Å². The Morgan fingerprint density at radius 3 is 2.29 bits per heavy atom. The van der Waals surface area contributed by atoms with Gasteiger partial charge in [0.05, 0.1) is 5.69 Å². The standard InChI is InChI=1S/C10H8N2O2/c13-9-10(14)12-8(6-11-9)7-4-2-1-3-5-7/h1-6H,(H,11,13)(H,12,14). The van der Waals surface area contributed by atoms with Crippen LogP contribution in [0.2, 0.25) is 0 Å². The summed E-state index contributed by atoms with van der Waals surface area (Å²) in [6.07, 6.45) is 1.49. The van der Waals surface area contributed by atoms with Crippen LogP contribution in [0.4, 0.5) is 0 Å². The summed E-state index contributed by atoms with van der Waals surface area (Å²) in [5.74, 6) is 0. The smallest absolute Gasteiger partial charge is 0.314 e. The second-order valence-corrected chi connectivity index (χ2v) is 2.85. The Labute approximate surface area is 79.3 Å². The van der Waals surface area contributed by atoms with Gasteiger partial charge in [-0.1, -0.05) is 30.3 Å². The molecule has 0 aliphatic carbocycles. The van der Waals surface area contributed by atoms with E-state index in [4.69, 9.17) is 0 Å². The average molecular weight is 188 g/mol. The fourth-order valence-corrected chi connectivity index (χ4v) is 1.19. The number of aromatic nitrogens is 2. The second-order valence-electron chi connectivity index (χ2n) is 2.85. The first-order valence-electron chi connectivity index (χ1n) is 4.15. The van der Waals surface area contributed by atoms with Crippen LogP contribution in [-0.2, 0) is 0 Å². The first-order valence-corrected chi connectivity index (χ1v) is 4.15. The molecular formula is C10H8N2O2. The van der Waals surface area contributed by atoms with Crippen molar-refractivity contribution in [2.45, 2.75) is 0 Å². The van der Waals surface area contributed by atoms with Gasteiger partial charge in [0.1, 0.15) is 0 Å². The van der Waals surface area contributed by atoms with Crippen LogP contribution >= 0.6 is 0 Å². The molecule has 0 radical (unpaired) electrons. The number of hydrogen-bond acceptors (Lipinski definition) is 2. The molecule has 1 aromatic carbocycles. The predicted octanol–water partition coefficient (Wildman–Crippen LogP) is 0.730. The van der Waals surface area contributed by atoms with Crippen molar-refractivity contribution in [1.82, 2.24) is 9.97 Å². The fraction of sp³-hybridized carbons (Fsp3) is 0. The monoisotopic (exact) mass is 188 g/mol. The van der Waals surface area contributed by atoms with Crippen LogP contribution in [0.15, 0.2) is 46.1 Å². The van der Waals surface area contributed by atoms with Crippen LogP contribution in [0, 0.1) is 0 Å². The maximum Gasteiger partial charge on any atom is 0.314 e. The third-order valence-electron chi connectivity index (χ3n) is 1.89. The van der Waals surface area contributed by atoms with E-state index in [1.165, 1.54) is 6.20 Å². The zero-order valence-corrected chi connectivity index (χ0v) is 7.28. The van der Waals surface area contributed by atoms with Gasteiger partial charge >= 0.3 is 11.1 Å². The Balaban J connectivity index is 2.59. The topological polar surface area (TPSA) is 65.7 Å². The maximum absolute atomic E-state index is 11.0. The van der Waals surface area contributed by atoms with E-state index in [-0.39, 0.29) is 0 Å². The van der Waals surface area contributed by atoms with E-state index in [1.54, 1.807) is 0 Å². The van der Waals surface area contributed by atoms with Gasteiger partial charge < -0.3 is 9.97 Å². The zero-order chi connectivity index (χ0) is 9.97. The lowest BCUT2D eigenvalue weighted by atomic mass is 10.2. The first kappa shape index (κ1) is 8.50. The highest BCUT2D eigenvalue weighted by Gasteiger charge is 1.98. The molecule has 0 aliphatic heterocycles. The number of H-pyrrole nitrogens is 2. The molecule has 0 amide bonds. The summed E-state index contributed by atoms with van der Waals surface area (Å²) in [6.45, 7) is 0. The summed E-state index contributed by atoms with van der Waals surface area (Å²) in [7, 11) is 0. The van der Waals surface area contributed by atoms with Gasteiger partial charge in [-0.05, 0) is 5.56 Å². The molecule has 0 spiro atoms. The Kier molecular flexibility index (Phi) is 2.02. The number of rotatable bonds is 1. The van der Waals surface area contributed by atoms with Crippen LogP contribution in [0.1, 0.15) is 0 Å². The predicted molar refractivity (Wildman–Crippen MR) is 53.1 cm³/mol. The molecule has 70 valence electrons. The van der Waals surface area contributed by atoms with E-state index >= 15 is 0 Å². The molecule has 0 fully saturated rings. The molecular weight excluding hydrogens is 180 g/mol. The van der Waals surface area contributed by atoms with E-state index in [9.17, 15) is 9.59 Å². The van der Waals surface area contributed by atoms with Crippen molar-refractivity contribution in [2.75, 3.05) is 0 Å². The molecule has 2 rings (SSSR count). The maximum atomic E-state index is 11.0. The molecule has 0 saturated carbocycles. The Morgan fingerprint density at radius 2 is 1.64 bits per heavy atom. The second kappa shape index (κ2) is 3.33. The lowest BCUT2D eigenvalue weighted by Gasteiger charge is -1.98. The van der Waals surface area contributed by atoms with Crippen LogP contribution < -0.4 is 11.1 Å². The van der Waals surface area contributed by atoms with Crippen LogP contribution in [0.5, 0.6) is 0 Å². The molecule has 2 aromatic rings. The molecule has 0 saturated heterocycles. The number of hydrogen-bond donors (Lipinski definition) is 2. The molecule has 1 aromatic heterocycles. The molecule has 1 heterocycles. The normalized spacial score (nSPS) is 10.0. The third kappa shape index (κ3) is 1.50. The van der Waals surface area contributed by atoms with Crippen molar-refractivity contribution < 1.29 is 0 Å². The van der Waals surface area contributed by atoms with Crippen LogP contribution in [0.25, 0.3) is 11.3 Å². The summed E-state index contributed by atoms with van der Waals surface area (Å²) in [4.78, 5) is 26.7. The third-order valence-corrected chi connectivity index (χ3v) is 1.89. The summed E-state index contributed by atoms with van der Waals surface area (Å²) >= 11 is 0. The van der Waals surface area contributed by atoms with Gasteiger partial charge in [-0.15, -0.1) is 0 Å². The van der Waals surface area contributed by atoms with Gasteiger partial charge in [-0.3, -0.25) is 9.59 Å². The van der Waals surface area contributed by atoms with E-state index in [2.05, 4.69) is 9.97 Å². The quantitative estimate of drug-likeness (QED) is 0.648. The minimum Gasteiger partial charge on any atom is -0.322 e. The van der Waals surface area contributed by atoms with Gasteiger partial charge in [-0.2, -0.15) is 0 Å². The molecule has 2 N–H and O–H groups in total. The van der Waals surface area contributed by atoms with Crippen molar-refractivity contribution in [2.24, 2.45) is 0 Å². The lowest BCUT2D eigenvalue weighted by Crippen LogP contribution is -2.28. The van der Waals surface area contributed by atoms with Crippen LogP contribution in [-0.4, -0.2) is 9.97 Å². The first-order chi connectivity index (χ1) is 6.77. The highest BCUT2D eigenvalue weighted by Crippen LogP contribution is 2.11. The zero-order valence-electron chi connectivity index (χ0n) is 7.28. The van der Waals surface area contributed by atoms with Crippen molar-refractivity contribution in [3.63, 3.8) is 0 Å². The lowest BCUT2D eigenvalue weighted by molar-refractivity contribution is 1.08. The van der Waals surface area contributed by atoms with Crippen molar-refractivity contribution >= 4 is 0 Å². The van der Waals surface area contributed by atoms with Crippen molar-refractivity contribution in [3.8, 4) is 11.3 Å². The summed E-state index contributed by atoms with van der Waals surface area (Å²) < 4.78 is 0. The number of aromatic amines is 2. The number of nitrogens with one attached hydrogen (secondary N) is 2. The fourth-order valence-electron chi connectivity index (χ4n) is 1.19. The minimum atomic E-state index is -0.635. The highest BCUT2D eigenvalue weighted by molar-refractivity contribution is 5.57. The molecule has 0 aliphatic rings. The molecule has 0 atom stereocenters. The van der Waals surface area contributed by atoms with Gasteiger partial charge in [0.2, 0.25) is 0 Å².